The number of nitrogens with zero attached hydrogens (tertiary/aromatic N) is 1. The van der Waals surface area contributed by atoms with E-state index in [4.69, 9.17) is 33.2 Å². The van der Waals surface area contributed by atoms with Crippen LogP contribution in [0.1, 0.15) is 120 Å². The van der Waals surface area contributed by atoms with E-state index >= 15 is 0 Å². The normalized spacial score (nSPS) is 19.0. The Labute approximate surface area is 408 Å². The van der Waals surface area contributed by atoms with Crippen molar-refractivity contribution in [2.45, 2.75) is 109 Å². The minimum atomic E-state index is -0.999. The number of morpholine rings is 1. The monoisotopic (exact) mass is 935 g/mol. The van der Waals surface area contributed by atoms with Gasteiger partial charge in [0.2, 0.25) is 0 Å². The van der Waals surface area contributed by atoms with Crippen LogP contribution in [0.5, 0.6) is 17.2 Å². The molecule has 9 rings (SSSR count). The van der Waals surface area contributed by atoms with E-state index < -0.39 is 17.5 Å². The first kappa shape index (κ1) is 48.2. The number of hydrogen-bond donors (Lipinski definition) is 0. The molecule has 2 aliphatic carbocycles. The molecule has 69 heavy (non-hydrogen) atoms. The van der Waals surface area contributed by atoms with Crippen LogP contribution in [0.3, 0.4) is 0 Å². The van der Waals surface area contributed by atoms with Gasteiger partial charge in [0.25, 0.3) is 0 Å². The van der Waals surface area contributed by atoms with Crippen LogP contribution in [0.15, 0.2) is 97.1 Å². The Bertz CT molecular complexity index is 2620. The number of carbonyl (C=O) groups excluding carboxylic acids is 2. The van der Waals surface area contributed by atoms with Crippen molar-refractivity contribution in [2.75, 3.05) is 64.7 Å². The molecule has 1 saturated heterocycles. The van der Waals surface area contributed by atoms with E-state index in [0.29, 0.717) is 37.6 Å². The Morgan fingerprint density at radius 3 is 2.17 bits per heavy atom. The number of rotatable bonds is 19. The highest BCUT2D eigenvalue weighted by Gasteiger charge is 2.51. The molecule has 2 aliphatic heterocycles. The molecule has 2 atom stereocenters. The highest BCUT2D eigenvalue weighted by molar-refractivity contribution is 6.09. The number of hydrogen-bond acceptors (Lipinski definition) is 10. The number of unbranched alkanes of at least 4 members (excludes halogenated alkanes) is 1. The Balaban J connectivity index is 1.01. The summed E-state index contributed by atoms with van der Waals surface area (Å²) < 4.78 is 41.8. The van der Waals surface area contributed by atoms with Crippen LogP contribution in [-0.4, -0.2) is 77.9 Å². The molecule has 0 N–H and O–H groups in total. The van der Waals surface area contributed by atoms with Crippen LogP contribution >= 0.6 is 0 Å². The second-order valence-corrected chi connectivity index (χ2v) is 19.4. The molecular formula is C59H69NO9. The van der Waals surface area contributed by atoms with Crippen LogP contribution in [0.25, 0.3) is 28.0 Å². The Morgan fingerprint density at radius 1 is 0.768 bits per heavy atom. The summed E-state index contributed by atoms with van der Waals surface area (Å²) in [6.45, 7) is 12.9. The number of esters is 2. The second kappa shape index (κ2) is 21.0. The van der Waals surface area contributed by atoms with Gasteiger partial charge in [-0.2, -0.15) is 0 Å². The first-order valence-electron chi connectivity index (χ1n) is 25.4. The van der Waals surface area contributed by atoms with Gasteiger partial charge < -0.3 is 38.1 Å². The summed E-state index contributed by atoms with van der Waals surface area (Å²) in [5.74, 6) is 1.34. The van der Waals surface area contributed by atoms with Gasteiger partial charge in [0.15, 0.2) is 5.60 Å². The van der Waals surface area contributed by atoms with Crippen molar-refractivity contribution in [3.63, 3.8) is 0 Å². The van der Waals surface area contributed by atoms with Crippen LogP contribution in [0.4, 0.5) is 5.69 Å². The molecule has 0 aromatic heterocycles. The van der Waals surface area contributed by atoms with Gasteiger partial charge in [0, 0.05) is 52.9 Å². The molecule has 0 amide bonds. The molecule has 4 aliphatic rings. The topological polar surface area (TPSA) is 102 Å². The molecule has 1 saturated carbocycles. The zero-order valence-corrected chi connectivity index (χ0v) is 41.2. The van der Waals surface area contributed by atoms with E-state index in [0.717, 1.165) is 78.0 Å². The number of carbonyl (C=O) groups is 2. The fourth-order valence-electron chi connectivity index (χ4n) is 11.4. The lowest BCUT2D eigenvalue weighted by atomic mass is 9.58. The van der Waals surface area contributed by atoms with Gasteiger partial charge in [-0.05, 0) is 121 Å². The molecule has 2 fully saturated rings. The van der Waals surface area contributed by atoms with E-state index in [1.807, 2.05) is 12.1 Å². The third kappa shape index (κ3) is 9.59. The molecule has 10 nitrogen and oxygen atoms in total. The lowest BCUT2D eigenvalue weighted by molar-refractivity contribution is -0.155. The third-order valence-electron chi connectivity index (χ3n) is 15.5. The van der Waals surface area contributed by atoms with Crippen molar-refractivity contribution >= 4 is 34.5 Å². The van der Waals surface area contributed by atoms with Gasteiger partial charge in [0.1, 0.15) is 36.6 Å². The highest BCUT2D eigenvalue weighted by atomic mass is 16.6. The summed E-state index contributed by atoms with van der Waals surface area (Å²) in [4.78, 5) is 27.2. The van der Waals surface area contributed by atoms with Crippen molar-refractivity contribution in [3.05, 3.63) is 125 Å². The van der Waals surface area contributed by atoms with Crippen molar-refractivity contribution in [2.24, 2.45) is 5.41 Å². The van der Waals surface area contributed by atoms with Crippen molar-refractivity contribution in [3.8, 4) is 28.4 Å². The average molecular weight is 936 g/mol. The van der Waals surface area contributed by atoms with Gasteiger partial charge in [-0.3, -0.25) is 9.59 Å². The van der Waals surface area contributed by atoms with Gasteiger partial charge in [-0.15, -0.1) is 0 Å². The lowest BCUT2D eigenvalue weighted by Crippen LogP contribution is -2.38. The van der Waals surface area contributed by atoms with Crippen molar-refractivity contribution < 1.29 is 42.7 Å². The maximum absolute atomic E-state index is 12.5. The van der Waals surface area contributed by atoms with E-state index in [1.165, 1.54) is 53.3 Å². The van der Waals surface area contributed by atoms with Crippen molar-refractivity contribution in [1.29, 1.82) is 0 Å². The van der Waals surface area contributed by atoms with Crippen LogP contribution < -0.4 is 19.1 Å². The smallest absolute Gasteiger partial charge is 0.306 e. The van der Waals surface area contributed by atoms with E-state index in [9.17, 15) is 9.59 Å². The second-order valence-electron chi connectivity index (χ2n) is 19.4. The van der Waals surface area contributed by atoms with Gasteiger partial charge >= 0.3 is 11.9 Å². The van der Waals surface area contributed by atoms with Crippen LogP contribution in [-0.2, 0) is 39.6 Å². The minimum absolute atomic E-state index is 0.0451. The summed E-state index contributed by atoms with van der Waals surface area (Å²) in [5.41, 5.74) is 8.96. The molecule has 2 heterocycles. The zero-order valence-electron chi connectivity index (χ0n) is 41.2. The Hall–Kier alpha value is -5.84. The van der Waals surface area contributed by atoms with E-state index in [1.54, 1.807) is 14.0 Å². The van der Waals surface area contributed by atoms with E-state index in [2.05, 4.69) is 117 Å². The summed E-state index contributed by atoms with van der Waals surface area (Å²) >= 11 is 0. The fraction of sp³-hybridized carbons (Fsp3) is 0.458. The maximum atomic E-state index is 12.5. The molecular weight excluding hydrogens is 867 g/mol. The molecule has 0 bridgehead atoms. The largest absolute Gasteiger partial charge is 0.497 e. The predicted octanol–water partition coefficient (Wildman–Crippen LogP) is 12.1. The quantitative estimate of drug-likeness (QED) is 0.0587. The number of methoxy groups -OCH3 is 1. The first-order chi connectivity index (χ1) is 33.7. The van der Waals surface area contributed by atoms with E-state index in [-0.39, 0.29) is 37.6 Å². The summed E-state index contributed by atoms with van der Waals surface area (Å²) in [5, 5.41) is 2.19. The van der Waals surface area contributed by atoms with Gasteiger partial charge in [-0.25, -0.2) is 0 Å². The van der Waals surface area contributed by atoms with Crippen LogP contribution in [0.2, 0.25) is 0 Å². The van der Waals surface area contributed by atoms with Gasteiger partial charge in [-0.1, -0.05) is 94.6 Å². The molecule has 1 spiro atoms. The Morgan fingerprint density at radius 2 is 1.46 bits per heavy atom. The molecule has 5 aromatic rings. The molecule has 5 aromatic carbocycles. The number of anilines is 1. The fourth-order valence-corrected chi connectivity index (χ4v) is 11.4. The number of ether oxygens (including phenoxy) is 7. The molecule has 0 radical (unpaired) electrons. The standard InChI is InChI=1S/C59H69NO9/c1-6-9-34-65-40-41(4)68-53(62)25-24-52(61)67-38-37-66-45-20-16-43(17-21-45)59(42-14-18-44(19-15-42)60-32-35-64-36-33-60)27-26-49-55-54(47-23-22-46(63-5)39-50(47)56(49)69-59)48-12-10-11-13-51(48)58(55)30-28-57(7-2,8-3)29-31-58/h10-23,26-27,39,41H,6-9,24-25,28-38,40H2,1-5H3. The molecule has 10 heteroatoms. The average Bonchev–Trinajstić information content (AvgIpc) is 3.68. The zero-order chi connectivity index (χ0) is 48.0. The first-order valence-corrected chi connectivity index (χ1v) is 25.4. The molecule has 2 unspecified atom stereocenters. The summed E-state index contributed by atoms with van der Waals surface area (Å²) in [6, 6.07) is 32.4. The maximum Gasteiger partial charge on any atom is 0.306 e. The van der Waals surface area contributed by atoms with Crippen LogP contribution in [0, 0.1) is 5.41 Å². The number of fused-ring (bicyclic) bond motifs is 10. The van der Waals surface area contributed by atoms with Gasteiger partial charge in [0.05, 0.1) is 39.8 Å². The summed E-state index contributed by atoms with van der Waals surface area (Å²) in [6.07, 6.45) is 13.1. The summed E-state index contributed by atoms with van der Waals surface area (Å²) in [7, 11) is 1.73. The molecule has 364 valence electrons. The lowest BCUT2D eigenvalue weighted by Gasteiger charge is -2.47. The third-order valence-corrected chi connectivity index (χ3v) is 15.5. The SMILES string of the molecule is CCCCOCC(C)OC(=O)CCC(=O)OCCOc1ccc(C2(c3ccc(N4CCOCC4)cc3)C=Cc3c4c(c5ccc(OC)cc5c3O2)-c2ccccc2C42CCC(CC)(CC)CC2)cc1. The van der Waals surface area contributed by atoms with Crippen molar-refractivity contribution in [1.82, 2.24) is 0 Å². The minimum Gasteiger partial charge on any atom is -0.497 e. The highest BCUT2D eigenvalue weighted by Crippen LogP contribution is 2.64. The predicted molar refractivity (Wildman–Crippen MR) is 272 cm³/mol. The Kier molecular flexibility index (Phi) is 14.7. The number of benzene rings is 5.